The van der Waals surface area contributed by atoms with Gasteiger partial charge in [0.1, 0.15) is 6.54 Å². The summed E-state index contributed by atoms with van der Waals surface area (Å²) in [5, 5.41) is 9.13. The van der Waals surface area contributed by atoms with Gasteiger partial charge in [0.2, 0.25) is 0 Å². The van der Waals surface area contributed by atoms with Gasteiger partial charge < -0.3 is 10.0 Å². The number of halogens is 1. The molecule has 0 atom stereocenters. The molecule has 2 rings (SSSR count). The van der Waals surface area contributed by atoms with E-state index in [2.05, 4.69) is 15.9 Å². The zero-order chi connectivity index (χ0) is 15.4. The second-order valence-corrected chi connectivity index (χ2v) is 6.02. The van der Waals surface area contributed by atoms with Gasteiger partial charge in [-0.25, -0.2) is 0 Å². The highest BCUT2D eigenvalue weighted by Gasteiger charge is 2.12. The van der Waals surface area contributed by atoms with Crippen LogP contribution in [0, 0.1) is 13.8 Å². The predicted molar refractivity (Wildman–Crippen MR) is 88.7 cm³/mol. The van der Waals surface area contributed by atoms with Gasteiger partial charge in [0.05, 0.1) is 0 Å². The van der Waals surface area contributed by atoms with Crippen LogP contribution < -0.4 is 4.90 Å². The van der Waals surface area contributed by atoms with Gasteiger partial charge >= 0.3 is 5.97 Å². The van der Waals surface area contributed by atoms with Crippen LogP contribution in [0.2, 0.25) is 0 Å². The summed E-state index contributed by atoms with van der Waals surface area (Å²) in [6, 6.07) is 14.0. The highest BCUT2D eigenvalue weighted by atomic mass is 79.9. The maximum atomic E-state index is 11.1. The summed E-state index contributed by atoms with van der Waals surface area (Å²) in [6.45, 7) is 4.59. The van der Waals surface area contributed by atoms with Gasteiger partial charge in [0.15, 0.2) is 0 Å². The van der Waals surface area contributed by atoms with E-state index in [4.69, 9.17) is 5.11 Å². The van der Waals surface area contributed by atoms with Crippen molar-refractivity contribution in [1.29, 1.82) is 0 Å². The fourth-order valence-corrected chi connectivity index (χ4v) is 2.54. The fourth-order valence-electron chi connectivity index (χ4n) is 2.11. The molecule has 0 bridgehead atoms. The Morgan fingerprint density at radius 3 is 2.38 bits per heavy atom. The monoisotopic (exact) mass is 347 g/mol. The van der Waals surface area contributed by atoms with E-state index >= 15 is 0 Å². The zero-order valence-corrected chi connectivity index (χ0v) is 13.7. The molecule has 0 aromatic heterocycles. The number of carboxylic acid groups (broad SMARTS) is 1. The highest BCUT2D eigenvalue weighted by Crippen LogP contribution is 2.22. The van der Waals surface area contributed by atoms with Gasteiger partial charge in [-0.15, -0.1) is 0 Å². The van der Waals surface area contributed by atoms with Crippen molar-refractivity contribution in [2.75, 3.05) is 11.4 Å². The molecule has 0 spiro atoms. The number of nitrogens with zero attached hydrogens (tertiary/aromatic N) is 1. The van der Waals surface area contributed by atoms with Gasteiger partial charge in [-0.3, -0.25) is 4.79 Å². The summed E-state index contributed by atoms with van der Waals surface area (Å²) in [6.07, 6.45) is 0. The predicted octanol–water partition coefficient (Wildman–Crippen LogP) is 4.16. The van der Waals surface area contributed by atoms with Crippen LogP contribution in [0.15, 0.2) is 46.9 Å². The van der Waals surface area contributed by atoms with Crippen LogP contribution in [0.3, 0.4) is 0 Å². The topological polar surface area (TPSA) is 40.5 Å². The second kappa shape index (κ2) is 6.76. The van der Waals surface area contributed by atoms with Crippen molar-refractivity contribution >= 4 is 27.6 Å². The van der Waals surface area contributed by atoms with Crippen LogP contribution in [0.4, 0.5) is 5.69 Å². The third kappa shape index (κ3) is 4.33. The Balaban J connectivity index is 2.25. The molecule has 0 saturated carbocycles. The number of anilines is 1. The molecule has 0 amide bonds. The molecule has 21 heavy (non-hydrogen) atoms. The smallest absolute Gasteiger partial charge is 0.323 e. The normalized spacial score (nSPS) is 10.4. The number of rotatable bonds is 5. The third-order valence-electron chi connectivity index (χ3n) is 3.33. The number of hydrogen-bond donors (Lipinski definition) is 1. The van der Waals surface area contributed by atoms with Gasteiger partial charge in [-0.2, -0.15) is 0 Å². The van der Waals surface area contributed by atoms with Crippen LogP contribution in [-0.4, -0.2) is 17.6 Å². The lowest BCUT2D eigenvalue weighted by Gasteiger charge is -2.23. The van der Waals surface area contributed by atoms with E-state index in [0.717, 1.165) is 21.3 Å². The molecule has 0 unspecified atom stereocenters. The molecule has 0 aliphatic carbocycles. The minimum absolute atomic E-state index is 0.0193. The average molecular weight is 348 g/mol. The molecule has 2 aromatic carbocycles. The summed E-state index contributed by atoms with van der Waals surface area (Å²) in [5.41, 5.74) is 4.32. The Morgan fingerprint density at radius 2 is 1.81 bits per heavy atom. The molecular weight excluding hydrogens is 330 g/mol. The summed E-state index contributed by atoms with van der Waals surface area (Å²) >= 11 is 3.52. The fraction of sp³-hybridized carbons (Fsp3) is 0.235. The van der Waals surface area contributed by atoms with Crippen molar-refractivity contribution in [3.8, 4) is 0 Å². The first-order valence-corrected chi connectivity index (χ1v) is 7.53. The number of carboxylic acids is 1. The van der Waals surface area contributed by atoms with E-state index in [0.29, 0.717) is 6.54 Å². The molecule has 110 valence electrons. The minimum Gasteiger partial charge on any atom is -0.480 e. The summed E-state index contributed by atoms with van der Waals surface area (Å²) in [4.78, 5) is 13.0. The first kappa shape index (κ1) is 15.6. The number of aryl methyl sites for hydroxylation is 2. The largest absolute Gasteiger partial charge is 0.480 e. The standard InChI is InChI=1S/C17H18BrNO2/c1-12-3-7-15(8-4-12)19(11-17(20)21)10-14-6-5-13(2)16(18)9-14/h3-9H,10-11H2,1-2H3,(H,20,21). The van der Waals surface area contributed by atoms with E-state index in [1.165, 1.54) is 5.56 Å². The summed E-state index contributed by atoms with van der Waals surface area (Å²) < 4.78 is 1.04. The Labute approximate surface area is 133 Å². The van der Waals surface area contributed by atoms with Crippen molar-refractivity contribution in [2.45, 2.75) is 20.4 Å². The van der Waals surface area contributed by atoms with Crippen LogP contribution in [0.5, 0.6) is 0 Å². The second-order valence-electron chi connectivity index (χ2n) is 5.17. The van der Waals surface area contributed by atoms with Crippen LogP contribution in [0.25, 0.3) is 0 Å². The van der Waals surface area contributed by atoms with Gasteiger partial charge in [0.25, 0.3) is 0 Å². The summed E-state index contributed by atoms with van der Waals surface area (Å²) in [7, 11) is 0. The number of benzene rings is 2. The zero-order valence-electron chi connectivity index (χ0n) is 12.1. The molecule has 1 N–H and O–H groups in total. The Morgan fingerprint density at radius 1 is 1.14 bits per heavy atom. The lowest BCUT2D eigenvalue weighted by atomic mass is 10.1. The average Bonchev–Trinajstić information content (AvgIpc) is 2.42. The molecule has 0 heterocycles. The molecule has 0 aliphatic rings. The number of aliphatic carboxylic acids is 1. The molecule has 0 radical (unpaired) electrons. The van der Waals surface area contributed by atoms with E-state index in [1.807, 2.05) is 61.2 Å². The van der Waals surface area contributed by atoms with E-state index < -0.39 is 5.97 Å². The molecule has 0 saturated heterocycles. The van der Waals surface area contributed by atoms with Gasteiger partial charge in [-0.05, 0) is 43.2 Å². The maximum absolute atomic E-state index is 11.1. The quantitative estimate of drug-likeness (QED) is 0.882. The SMILES string of the molecule is Cc1ccc(N(CC(=O)O)Cc2ccc(C)c(Br)c2)cc1. The maximum Gasteiger partial charge on any atom is 0.323 e. The minimum atomic E-state index is -0.832. The van der Waals surface area contributed by atoms with Crippen molar-refractivity contribution in [2.24, 2.45) is 0 Å². The molecule has 0 fully saturated rings. The van der Waals surface area contributed by atoms with E-state index in [9.17, 15) is 4.79 Å². The molecule has 3 nitrogen and oxygen atoms in total. The van der Waals surface area contributed by atoms with Crippen molar-refractivity contribution < 1.29 is 9.90 Å². The Bertz CT molecular complexity index is 638. The van der Waals surface area contributed by atoms with Crippen molar-refractivity contribution in [1.82, 2.24) is 0 Å². The molecule has 4 heteroatoms. The Kier molecular flexibility index (Phi) is 5.02. The lowest BCUT2D eigenvalue weighted by molar-refractivity contribution is -0.135. The van der Waals surface area contributed by atoms with Gasteiger partial charge in [-0.1, -0.05) is 45.8 Å². The van der Waals surface area contributed by atoms with E-state index in [-0.39, 0.29) is 6.54 Å². The molecular formula is C17H18BrNO2. The number of hydrogen-bond acceptors (Lipinski definition) is 2. The van der Waals surface area contributed by atoms with Crippen molar-refractivity contribution in [3.05, 3.63) is 63.6 Å². The Hall–Kier alpha value is -1.81. The number of carbonyl (C=O) groups is 1. The first-order valence-electron chi connectivity index (χ1n) is 6.74. The summed E-state index contributed by atoms with van der Waals surface area (Å²) in [5.74, 6) is -0.832. The van der Waals surface area contributed by atoms with Crippen LogP contribution in [-0.2, 0) is 11.3 Å². The van der Waals surface area contributed by atoms with Crippen molar-refractivity contribution in [3.63, 3.8) is 0 Å². The van der Waals surface area contributed by atoms with Gasteiger partial charge in [0, 0.05) is 16.7 Å². The third-order valence-corrected chi connectivity index (χ3v) is 4.19. The highest BCUT2D eigenvalue weighted by molar-refractivity contribution is 9.10. The first-order chi connectivity index (χ1) is 9.95. The van der Waals surface area contributed by atoms with Crippen LogP contribution in [0.1, 0.15) is 16.7 Å². The molecule has 0 aliphatic heterocycles. The van der Waals surface area contributed by atoms with Crippen LogP contribution >= 0.6 is 15.9 Å². The molecule has 2 aromatic rings. The van der Waals surface area contributed by atoms with E-state index in [1.54, 1.807) is 0 Å². The lowest BCUT2D eigenvalue weighted by Crippen LogP contribution is -2.29.